The van der Waals surface area contributed by atoms with E-state index in [4.69, 9.17) is 16.3 Å². The van der Waals surface area contributed by atoms with Gasteiger partial charge in [0, 0.05) is 11.6 Å². The molecule has 2 rings (SSSR count). The van der Waals surface area contributed by atoms with Crippen LogP contribution >= 0.6 is 11.6 Å². The summed E-state index contributed by atoms with van der Waals surface area (Å²) < 4.78 is 5.01. The second-order valence-electron chi connectivity index (χ2n) is 3.09. The van der Waals surface area contributed by atoms with Gasteiger partial charge in [-0.3, -0.25) is 9.78 Å². The van der Waals surface area contributed by atoms with E-state index in [1.807, 2.05) is 0 Å². The molecule has 0 spiro atoms. The standard InChI is InChI=1S/C11H8ClNO3/c12-6-10(15)16-9-4-3-8(14)11-7(9)2-1-5-13-11/h1-5,14H,6H2. The summed E-state index contributed by atoms with van der Waals surface area (Å²) in [6.07, 6.45) is 1.55. The Balaban J connectivity index is 2.54. The summed E-state index contributed by atoms with van der Waals surface area (Å²) in [5.74, 6) is -0.381. The number of benzene rings is 1. The van der Waals surface area contributed by atoms with Crippen molar-refractivity contribution in [2.24, 2.45) is 0 Å². The average molecular weight is 238 g/mol. The first-order chi connectivity index (χ1) is 7.72. The minimum absolute atomic E-state index is 0.0428. The van der Waals surface area contributed by atoms with Crippen LogP contribution in [-0.4, -0.2) is 21.9 Å². The van der Waals surface area contributed by atoms with Gasteiger partial charge in [0.05, 0.1) is 0 Å². The van der Waals surface area contributed by atoms with Crippen molar-refractivity contribution in [2.75, 3.05) is 5.88 Å². The number of aromatic nitrogens is 1. The van der Waals surface area contributed by atoms with Crippen molar-refractivity contribution in [3.05, 3.63) is 30.5 Å². The summed E-state index contributed by atoms with van der Waals surface area (Å²) in [5, 5.41) is 10.1. The number of fused-ring (bicyclic) bond motifs is 1. The molecule has 0 saturated carbocycles. The van der Waals surface area contributed by atoms with Crippen molar-refractivity contribution < 1.29 is 14.6 Å². The molecule has 0 aliphatic rings. The van der Waals surface area contributed by atoms with Gasteiger partial charge in [-0.1, -0.05) is 0 Å². The van der Waals surface area contributed by atoms with Crippen molar-refractivity contribution in [2.45, 2.75) is 0 Å². The van der Waals surface area contributed by atoms with Gasteiger partial charge in [-0.2, -0.15) is 0 Å². The predicted octanol–water partition coefficient (Wildman–Crippen LogP) is 2.08. The molecule has 16 heavy (non-hydrogen) atoms. The highest BCUT2D eigenvalue weighted by atomic mass is 35.5. The molecule has 0 amide bonds. The van der Waals surface area contributed by atoms with Crippen LogP contribution in [0.4, 0.5) is 0 Å². The molecule has 4 nitrogen and oxygen atoms in total. The van der Waals surface area contributed by atoms with E-state index in [0.29, 0.717) is 16.7 Å². The van der Waals surface area contributed by atoms with Crippen LogP contribution in [0.15, 0.2) is 30.5 Å². The van der Waals surface area contributed by atoms with E-state index in [1.165, 1.54) is 12.1 Å². The number of rotatable bonds is 2. The van der Waals surface area contributed by atoms with Gasteiger partial charge in [0.1, 0.15) is 22.9 Å². The third-order valence-corrected chi connectivity index (χ3v) is 2.26. The van der Waals surface area contributed by atoms with E-state index in [-0.39, 0.29) is 11.6 Å². The van der Waals surface area contributed by atoms with Gasteiger partial charge in [0.25, 0.3) is 0 Å². The topological polar surface area (TPSA) is 59.4 Å². The number of carbonyl (C=O) groups excluding carboxylic acids is 1. The fourth-order valence-corrected chi connectivity index (χ4v) is 1.43. The van der Waals surface area contributed by atoms with Gasteiger partial charge in [-0.05, 0) is 24.3 Å². The van der Waals surface area contributed by atoms with Crippen molar-refractivity contribution in [1.82, 2.24) is 4.98 Å². The third kappa shape index (κ3) is 1.92. The molecule has 0 unspecified atom stereocenters. The average Bonchev–Trinajstić information content (AvgIpc) is 2.33. The first-order valence-electron chi connectivity index (χ1n) is 4.55. The second-order valence-corrected chi connectivity index (χ2v) is 3.36. The Hall–Kier alpha value is -1.81. The number of alkyl halides is 1. The van der Waals surface area contributed by atoms with E-state index in [0.717, 1.165) is 0 Å². The highest BCUT2D eigenvalue weighted by Gasteiger charge is 2.09. The maximum absolute atomic E-state index is 11.1. The van der Waals surface area contributed by atoms with Crippen LogP contribution in [0.5, 0.6) is 11.5 Å². The normalized spacial score (nSPS) is 10.3. The lowest BCUT2D eigenvalue weighted by molar-refractivity contribution is -0.131. The summed E-state index contributed by atoms with van der Waals surface area (Å²) in [6, 6.07) is 6.33. The van der Waals surface area contributed by atoms with Crippen molar-refractivity contribution >= 4 is 28.5 Å². The zero-order valence-corrected chi connectivity index (χ0v) is 8.94. The van der Waals surface area contributed by atoms with Crippen LogP contribution < -0.4 is 4.74 Å². The second kappa shape index (κ2) is 4.37. The third-order valence-electron chi connectivity index (χ3n) is 2.04. The van der Waals surface area contributed by atoms with Crippen LogP contribution in [0.3, 0.4) is 0 Å². The smallest absolute Gasteiger partial charge is 0.326 e. The number of halogens is 1. The van der Waals surface area contributed by atoms with E-state index in [2.05, 4.69) is 4.98 Å². The van der Waals surface area contributed by atoms with Crippen LogP contribution in [0.1, 0.15) is 0 Å². The monoisotopic (exact) mass is 237 g/mol. The largest absolute Gasteiger partial charge is 0.506 e. The molecule has 0 atom stereocenters. The highest BCUT2D eigenvalue weighted by Crippen LogP contribution is 2.30. The molecule has 5 heteroatoms. The van der Waals surface area contributed by atoms with Crippen LogP contribution in [0.2, 0.25) is 0 Å². The number of phenols is 1. The minimum Gasteiger partial charge on any atom is -0.506 e. The highest BCUT2D eigenvalue weighted by molar-refractivity contribution is 6.26. The van der Waals surface area contributed by atoms with Crippen LogP contribution in [0, 0.1) is 0 Å². The molecular weight excluding hydrogens is 230 g/mol. The number of ether oxygens (including phenoxy) is 1. The molecule has 0 radical (unpaired) electrons. The number of aromatic hydroxyl groups is 1. The van der Waals surface area contributed by atoms with E-state index >= 15 is 0 Å². The van der Waals surface area contributed by atoms with Crippen molar-refractivity contribution in [1.29, 1.82) is 0 Å². The lowest BCUT2D eigenvalue weighted by atomic mass is 10.2. The van der Waals surface area contributed by atoms with Gasteiger partial charge in [-0.15, -0.1) is 11.6 Å². The van der Waals surface area contributed by atoms with Crippen LogP contribution in [0.25, 0.3) is 10.9 Å². The zero-order chi connectivity index (χ0) is 11.5. The number of esters is 1. The van der Waals surface area contributed by atoms with Crippen LogP contribution in [-0.2, 0) is 4.79 Å². The Morgan fingerprint density at radius 3 is 3.00 bits per heavy atom. The van der Waals surface area contributed by atoms with E-state index in [1.54, 1.807) is 18.3 Å². The summed E-state index contributed by atoms with van der Waals surface area (Å²) in [5.41, 5.74) is 0.391. The van der Waals surface area contributed by atoms with E-state index < -0.39 is 5.97 Å². The maximum Gasteiger partial charge on any atom is 0.326 e. The quantitative estimate of drug-likeness (QED) is 0.494. The number of hydrogen-bond donors (Lipinski definition) is 1. The Morgan fingerprint density at radius 1 is 1.44 bits per heavy atom. The Morgan fingerprint density at radius 2 is 2.25 bits per heavy atom. The summed E-state index contributed by atoms with van der Waals surface area (Å²) in [6.45, 7) is 0. The lowest BCUT2D eigenvalue weighted by Crippen LogP contribution is -2.09. The van der Waals surface area contributed by atoms with Gasteiger partial charge >= 0.3 is 5.97 Å². The fraction of sp³-hybridized carbons (Fsp3) is 0.0909. The Kier molecular flexibility index (Phi) is 2.92. The number of pyridine rings is 1. The molecule has 0 aliphatic heterocycles. The van der Waals surface area contributed by atoms with Crippen molar-refractivity contribution in [3.8, 4) is 11.5 Å². The summed E-state index contributed by atoms with van der Waals surface area (Å²) in [7, 11) is 0. The lowest BCUT2D eigenvalue weighted by Gasteiger charge is -2.06. The minimum atomic E-state index is -0.544. The Bertz CT molecular complexity index is 542. The van der Waals surface area contributed by atoms with Gasteiger partial charge in [0.15, 0.2) is 0 Å². The molecule has 0 bridgehead atoms. The maximum atomic E-state index is 11.1. The van der Waals surface area contributed by atoms with Gasteiger partial charge < -0.3 is 9.84 Å². The molecular formula is C11H8ClNO3. The predicted molar refractivity (Wildman–Crippen MR) is 59.8 cm³/mol. The molecule has 82 valence electrons. The number of carbonyl (C=O) groups is 1. The summed E-state index contributed by atoms with van der Waals surface area (Å²) >= 11 is 5.34. The van der Waals surface area contributed by atoms with Gasteiger partial charge in [-0.25, -0.2) is 0 Å². The number of hydrogen-bond acceptors (Lipinski definition) is 4. The number of phenolic OH excluding ortho intramolecular Hbond substituents is 1. The molecule has 1 heterocycles. The SMILES string of the molecule is O=C(CCl)Oc1ccc(O)c2ncccc12. The first kappa shape index (κ1) is 10.7. The first-order valence-corrected chi connectivity index (χ1v) is 5.09. The summed E-state index contributed by atoms with van der Waals surface area (Å²) in [4.78, 5) is 15.1. The molecule has 1 aromatic carbocycles. The molecule has 1 N–H and O–H groups in total. The molecule has 0 saturated heterocycles. The molecule has 0 fully saturated rings. The van der Waals surface area contributed by atoms with Gasteiger partial charge in [0.2, 0.25) is 0 Å². The molecule has 2 aromatic rings. The number of nitrogens with zero attached hydrogens (tertiary/aromatic N) is 1. The zero-order valence-electron chi connectivity index (χ0n) is 8.18. The van der Waals surface area contributed by atoms with E-state index in [9.17, 15) is 9.90 Å². The Labute approximate surface area is 96.4 Å². The van der Waals surface area contributed by atoms with Crippen molar-refractivity contribution in [3.63, 3.8) is 0 Å². The molecule has 1 aromatic heterocycles. The fourth-order valence-electron chi connectivity index (χ4n) is 1.37. The molecule has 0 aliphatic carbocycles.